The molecule has 1 saturated carbocycles. The standard InChI is InChI=1S/C25H30N6O/c1-16-9-17(13-32)12-30(16)23-11-20(24-25(29-23)27-14-26-24)18-7-8-22-21(10-18)28-15-31(22)19-5-3-2-4-6-19/h7-8,10-11,14-17,19,32H,2-6,9,12-13H2,1H3,(H,26,27,29)/t16-,17?/m0/s1. The van der Waals surface area contributed by atoms with Crippen molar-refractivity contribution >= 4 is 28.0 Å². The molecule has 2 atom stereocenters. The number of H-pyrrole nitrogens is 1. The summed E-state index contributed by atoms with van der Waals surface area (Å²) in [6, 6.07) is 9.69. The van der Waals surface area contributed by atoms with Gasteiger partial charge in [-0.1, -0.05) is 25.3 Å². The molecule has 1 unspecified atom stereocenters. The molecule has 6 rings (SSSR count). The van der Waals surface area contributed by atoms with Gasteiger partial charge >= 0.3 is 0 Å². The first-order chi connectivity index (χ1) is 15.7. The van der Waals surface area contributed by atoms with Gasteiger partial charge in [-0.25, -0.2) is 15.0 Å². The quantitative estimate of drug-likeness (QED) is 0.491. The summed E-state index contributed by atoms with van der Waals surface area (Å²) in [7, 11) is 0. The zero-order chi connectivity index (χ0) is 21.7. The van der Waals surface area contributed by atoms with Crippen molar-refractivity contribution in [2.45, 2.75) is 57.5 Å². The smallest absolute Gasteiger partial charge is 0.180 e. The molecule has 1 saturated heterocycles. The van der Waals surface area contributed by atoms with Crippen LogP contribution in [0.25, 0.3) is 33.3 Å². The van der Waals surface area contributed by atoms with Crippen molar-refractivity contribution in [3.8, 4) is 11.1 Å². The van der Waals surface area contributed by atoms with E-state index in [4.69, 9.17) is 9.97 Å². The van der Waals surface area contributed by atoms with Crippen molar-refractivity contribution < 1.29 is 5.11 Å². The number of aliphatic hydroxyl groups is 1. The number of rotatable bonds is 4. The molecule has 2 aliphatic rings. The van der Waals surface area contributed by atoms with Crippen LogP contribution in [0.3, 0.4) is 0 Å². The summed E-state index contributed by atoms with van der Waals surface area (Å²) in [6.45, 7) is 3.25. The van der Waals surface area contributed by atoms with Gasteiger partial charge in [0.25, 0.3) is 0 Å². The Hall–Kier alpha value is -2.93. The molecule has 1 aromatic carbocycles. The average Bonchev–Trinajstić information content (AvgIpc) is 3.56. The maximum Gasteiger partial charge on any atom is 0.180 e. The number of pyridine rings is 1. The monoisotopic (exact) mass is 430 g/mol. The lowest BCUT2D eigenvalue weighted by Gasteiger charge is -2.24. The van der Waals surface area contributed by atoms with Crippen LogP contribution in [0.5, 0.6) is 0 Å². The average molecular weight is 431 g/mol. The van der Waals surface area contributed by atoms with E-state index in [1.807, 2.05) is 6.33 Å². The van der Waals surface area contributed by atoms with E-state index < -0.39 is 0 Å². The molecule has 7 nitrogen and oxygen atoms in total. The highest BCUT2D eigenvalue weighted by Gasteiger charge is 2.30. The van der Waals surface area contributed by atoms with Crippen molar-refractivity contribution in [2.24, 2.45) is 5.92 Å². The Morgan fingerprint density at radius 3 is 2.81 bits per heavy atom. The second-order valence-electron chi connectivity index (χ2n) is 9.56. The van der Waals surface area contributed by atoms with E-state index in [1.54, 1.807) is 6.33 Å². The fourth-order valence-corrected chi connectivity index (χ4v) is 5.73. The van der Waals surface area contributed by atoms with Crippen molar-refractivity contribution in [3.05, 3.63) is 36.9 Å². The number of fused-ring (bicyclic) bond motifs is 2. The number of aromatic nitrogens is 5. The highest BCUT2D eigenvalue weighted by atomic mass is 16.3. The molecule has 166 valence electrons. The lowest BCUT2D eigenvalue weighted by Crippen LogP contribution is -2.28. The van der Waals surface area contributed by atoms with Gasteiger partial charge in [-0.2, -0.15) is 0 Å². The Morgan fingerprint density at radius 1 is 1.12 bits per heavy atom. The van der Waals surface area contributed by atoms with E-state index in [2.05, 4.69) is 50.6 Å². The minimum Gasteiger partial charge on any atom is -0.396 e. The van der Waals surface area contributed by atoms with E-state index >= 15 is 0 Å². The van der Waals surface area contributed by atoms with E-state index in [9.17, 15) is 5.11 Å². The molecule has 4 heterocycles. The van der Waals surface area contributed by atoms with E-state index in [1.165, 1.54) is 37.6 Å². The van der Waals surface area contributed by atoms with Crippen LogP contribution >= 0.6 is 0 Å². The minimum atomic E-state index is 0.221. The molecule has 7 heteroatoms. The Bertz CT molecular complexity index is 1250. The Morgan fingerprint density at radius 2 is 2.00 bits per heavy atom. The third-order valence-corrected chi connectivity index (χ3v) is 7.45. The first-order valence-electron chi connectivity index (χ1n) is 11.9. The molecule has 0 amide bonds. The molecule has 0 spiro atoms. The summed E-state index contributed by atoms with van der Waals surface area (Å²) < 4.78 is 2.38. The van der Waals surface area contributed by atoms with E-state index in [0.717, 1.165) is 46.6 Å². The number of benzene rings is 1. The molecule has 1 aliphatic heterocycles. The van der Waals surface area contributed by atoms with Gasteiger partial charge in [0.15, 0.2) is 5.65 Å². The largest absolute Gasteiger partial charge is 0.396 e. The van der Waals surface area contributed by atoms with Crippen LogP contribution in [0.2, 0.25) is 0 Å². The minimum absolute atomic E-state index is 0.221. The summed E-state index contributed by atoms with van der Waals surface area (Å²) in [5.41, 5.74) is 6.14. The van der Waals surface area contributed by atoms with Gasteiger partial charge in [0.2, 0.25) is 0 Å². The van der Waals surface area contributed by atoms with Crippen LogP contribution in [0.15, 0.2) is 36.9 Å². The molecular weight excluding hydrogens is 400 g/mol. The van der Waals surface area contributed by atoms with Crippen molar-refractivity contribution in [1.29, 1.82) is 0 Å². The van der Waals surface area contributed by atoms with Gasteiger partial charge < -0.3 is 19.6 Å². The molecule has 3 aromatic heterocycles. The number of aromatic amines is 1. The van der Waals surface area contributed by atoms with Crippen molar-refractivity contribution in [1.82, 2.24) is 24.5 Å². The Balaban J connectivity index is 1.41. The maximum atomic E-state index is 9.64. The lowest BCUT2D eigenvalue weighted by molar-refractivity contribution is 0.236. The second kappa shape index (κ2) is 7.89. The summed E-state index contributed by atoms with van der Waals surface area (Å²) >= 11 is 0. The summed E-state index contributed by atoms with van der Waals surface area (Å²) in [4.78, 5) is 19.6. The number of nitrogens with zero attached hydrogens (tertiary/aromatic N) is 5. The van der Waals surface area contributed by atoms with Crippen LogP contribution in [0, 0.1) is 5.92 Å². The van der Waals surface area contributed by atoms with Crippen molar-refractivity contribution in [3.63, 3.8) is 0 Å². The molecule has 32 heavy (non-hydrogen) atoms. The zero-order valence-corrected chi connectivity index (χ0v) is 18.5. The van der Waals surface area contributed by atoms with Gasteiger partial charge in [0, 0.05) is 36.7 Å². The normalized spacial score (nSPS) is 22.4. The summed E-state index contributed by atoms with van der Waals surface area (Å²) in [5.74, 6) is 1.22. The molecule has 2 N–H and O–H groups in total. The summed E-state index contributed by atoms with van der Waals surface area (Å²) in [5, 5.41) is 9.64. The molecule has 1 aliphatic carbocycles. The predicted molar refractivity (Wildman–Crippen MR) is 127 cm³/mol. The number of aliphatic hydroxyl groups excluding tert-OH is 1. The van der Waals surface area contributed by atoms with Crippen LogP contribution in [-0.4, -0.2) is 48.8 Å². The van der Waals surface area contributed by atoms with E-state index in [-0.39, 0.29) is 6.61 Å². The summed E-state index contributed by atoms with van der Waals surface area (Å²) in [6.07, 6.45) is 11.2. The molecule has 2 fully saturated rings. The Labute approximate surface area is 187 Å². The number of nitrogens with one attached hydrogen (secondary N) is 1. The fraction of sp³-hybridized carbons (Fsp3) is 0.480. The maximum absolute atomic E-state index is 9.64. The van der Waals surface area contributed by atoms with Gasteiger partial charge in [-0.05, 0) is 49.9 Å². The Kier molecular flexibility index (Phi) is 4.86. The molecule has 0 radical (unpaired) electrons. The first kappa shape index (κ1) is 19.7. The highest BCUT2D eigenvalue weighted by Crippen LogP contribution is 2.36. The van der Waals surface area contributed by atoms with Crippen molar-refractivity contribution in [2.75, 3.05) is 18.1 Å². The number of hydrogen-bond acceptors (Lipinski definition) is 5. The zero-order valence-electron chi connectivity index (χ0n) is 18.5. The highest BCUT2D eigenvalue weighted by molar-refractivity contribution is 5.94. The molecule has 4 aromatic rings. The number of anilines is 1. The van der Waals surface area contributed by atoms with E-state index in [0.29, 0.717) is 18.0 Å². The van der Waals surface area contributed by atoms with Crippen LogP contribution < -0.4 is 4.90 Å². The number of imidazole rings is 2. The third kappa shape index (κ3) is 3.26. The topological polar surface area (TPSA) is 82.9 Å². The van der Waals surface area contributed by atoms with Gasteiger partial charge in [0.05, 0.1) is 29.2 Å². The SMILES string of the molecule is C[C@H]1CC(CO)CN1c1cc(-c2ccc3c(c2)ncn3C2CCCCC2)c2[nH]cnc2n1. The van der Waals surface area contributed by atoms with Gasteiger partial charge in [-0.3, -0.25) is 0 Å². The van der Waals surface area contributed by atoms with Gasteiger partial charge in [-0.15, -0.1) is 0 Å². The molecule has 0 bridgehead atoms. The third-order valence-electron chi connectivity index (χ3n) is 7.45. The van der Waals surface area contributed by atoms with Crippen LogP contribution in [-0.2, 0) is 0 Å². The number of hydrogen-bond donors (Lipinski definition) is 2. The first-order valence-corrected chi connectivity index (χ1v) is 11.9. The molecular formula is C25H30N6O. The predicted octanol–water partition coefficient (Wildman–Crippen LogP) is 4.69. The lowest BCUT2D eigenvalue weighted by atomic mass is 9.95. The van der Waals surface area contributed by atoms with Crippen LogP contribution in [0.1, 0.15) is 51.5 Å². The fourth-order valence-electron chi connectivity index (χ4n) is 5.73. The van der Waals surface area contributed by atoms with Gasteiger partial charge in [0.1, 0.15) is 5.82 Å². The van der Waals surface area contributed by atoms with Crippen LogP contribution in [0.4, 0.5) is 5.82 Å². The second-order valence-corrected chi connectivity index (χ2v) is 9.56.